The molecule has 1 aromatic carbocycles. The Kier molecular flexibility index (Phi) is 4.08. The fourth-order valence-electron chi connectivity index (χ4n) is 2.06. The van der Waals surface area contributed by atoms with Gasteiger partial charge in [0.15, 0.2) is 4.77 Å². The summed E-state index contributed by atoms with van der Waals surface area (Å²) in [5, 5.41) is 0. The predicted octanol–water partition coefficient (Wildman–Crippen LogP) is 3.84. The van der Waals surface area contributed by atoms with Gasteiger partial charge in [0, 0.05) is 0 Å². The van der Waals surface area contributed by atoms with Gasteiger partial charge in [-0.05, 0) is 44.3 Å². The number of carbonyl (C=O) groups excluding carboxylic acids is 1. The second-order valence-corrected chi connectivity index (χ2v) is 4.84. The summed E-state index contributed by atoms with van der Waals surface area (Å²) >= 11 is 5.09. The fourth-order valence-corrected chi connectivity index (χ4v) is 2.43. The molecule has 8 heteroatoms. The molecule has 0 radical (unpaired) electrons. The van der Waals surface area contributed by atoms with Crippen LogP contribution < -0.4 is 0 Å². The van der Waals surface area contributed by atoms with E-state index in [0.29, 0.717) is 5.52 Å². The zero-order valence-electron chi connectivity index (χ0n) is 11.3. The van der Waals surface area contributed by atoms with Crippen LogP contribution in [0, 0.1) is 4.77 Å². The standard InChI is InChI=1S/C13H13F3N2O2S/c1-3-20-11(19)7(2)18-10-5-4-8(13(14,15)16)6-9(10)17-12(18)21/h4-7H,3H2,1-2H3,(H,17,21). The fraction of sp³-hybridized carbons (Fsp3) is 0.385. The van der Waals surface area contributed by atoms with E-state index in [1.807, 2.05) is 0 Å². The van der Waals surface area contributed by atoms with Gasteiger partial charge < -0.3 is 14.3 Å². The highest BCUT2D eigenvalue weighted by atomic mass is 32.1. The van der Waals surface area contributed by atoms with E-state index in [1.165, 1.54) is 10.6 Å². The van der Waals surface area contributed by atoms with E-state index in [1.54, 1.807) is 13.8 Å². The average Bonchev–Trinajstić information content (AvgIpc) is 2.72. The molecule has 0 spiro atoms. The van der Waals surface area contributed by atoms with E-state index in [2.05, 4.69) is 4.98 Å². The highest BCUT2D eigenvalue weighted by Gasteiger charge is 2.31. The number of ether oxygens (including phenoxy) is 1. The number of halogens is 3. The first kappa shape index (κ1) is 15.6. The Bertz CT molecular complexity index is 733. The topological polar surface area (TPSA) is 47.0 Å². The van der Waals surface area contributed by atoms with Gasteiger partial charge in [-0.25, -0.2) is 4.79 Å². The summed E-state index contributed by atoms with van der Waals surface area (Å²) in [7, 11) is 0. The van der Waals surface area contributed by atoms with Crippen LogP contribution in [0.5, 0.6) is 0 Å². The monoisotopic (exact) mass is 318 g/mol. The first-order valence-electron chi connectivity index (χ1n) is 6.23. The molecule has 4 nitrogen and oxygen atoms in total. The Labute approximate surface area is 123 Å². The molecule has 0 amide bonds. The lowest BCUT2D eigenvalue weighted by Gasteiger charge is -2.13. The van der Waals surface area contributed by atoms with Crippen LogP contribution in [0.2, 0.25) is 0 Å². The molecule has 0 aliphatic carbocycles. The van der Waals surface area contributed by atoms with Gasteiger partial charge in [-0.3, -0.25) is 0 Å². The zero-order chi connectivity index (χ0) is 15.8. The largest absolute Gasteiger partial charge is 0.464 e. The maximum atomic E-state index is 12.7. The number of fused-ring (bicyclic) bond motifs is 1. The molecular weight excluding hydrogens is 305 g/mol. The normalized spacial score (nSPS) is 13.4. The van der Waals surface area contributed by atoms with Crippen molar-refractivity contribution in [1.29, 1.82) is 0 Å². The van der Waals surface area contributed by atoms with Gasteiger partial charge >= 0.3 is 12.1 Å². The minimum absolute atomic E-state index is 0.171. The van der Waals surface area contributed by atoms with Crippen molar-refractivity contribution in [2.45, 2.75) is 26.1 Å². The summed E-state index contributed by atoms with van der Waals surface area (Å²) in [5.74, 6) is -0.491. The average molecular weight is 318 g/mol. The number of imidazole rings is 1. The molecule has 0 bridgehead atoms. The van der Waals surface area contributed by atoms with Crippen LogP contribution in [-0.4, -0.2) is 22.1 Å². The molecule has 21 heavy (non-hydrogen) atoms. The van der Waals surface area contributed by atoms with Crippen LogP contribution >= 0.6 is 12.2 Å². The van der Waals surface area contributed by atoms with Crippen LogP contribution in [0.15, 0.2) is 18.2 Å². The molecular formula is C13H13F3N2O2S. The van der Waals surface area contributed by atoms with Gasteiger partial charge in [-0.15, -0.1) is 0 Å². The smallest absolute Gasteiger partial charge is 0.416 e. The number of rotatable bonds is 3. The lowest BCUT2D eigenvalue weighted by molar-refractivity contribution is -0.146. The summed E-state index contributed by atoms with van der Waals surface area (Å²) < 4.78 is 44.6. The van der Waals surface area contributed by atoms with E-state index in [9.17, 15) is 18.0 Å². The second-order valence-electron chi connectivity index (χ2n) is 4.46. The van der Waals surface area contributed by atoms with Crippen LogP contribution in [-0.2, 0) is 15.7 Å². The van der Waals surface area contributed by atoms with Gasteiger partial charge in [0.05, 0.1) is 23.2 Å². The second kappa shape index (κ2) is 5.51. The first-order valence-corrected chi connectivity index (χ1v) is 6.64. The van der Waals surface area contributed by atoms with E-state index < -0.39 is 23.8 Å². The van der Waals surface area contributed by atoms with Crippen molar-refractivity contribution in [2.24, 2.45) is 0 Å². The zero-order valence-corrected chi connectivity index (χ0v) is 12.1. The van der Waals surface area contributed by atoms with Crippen LogP contribution in [0.4, 0.5) is 13.2 Å². The number of aromatic amines is 1. The molecule has 0 aliphatic heterocycles. The Balaban J connectivity index is 2.54. The molecule has 1 aromatic heterocycles. The van der Waals surface area contributed by atoms with Crippen molar-refractivity contribution in [2.75, 3.05) is 6.61 Å². The number of carbonyl (C=O) groups is 1. The lowest BCUT2D eigenvalue weighted by atomic mass is 10.2. The van der Waals surface area contributed by atoms with E-state index in [4.69, 9.17) is 17.0 Å². The highest BCUT2D eigenvalue weighted by molar-refractivity contribution is 7.71. The van der Waals surface area contributed by atoms with Gasteiger partial charge in [0.25, 0.3) is 0 Å². The molecule has 1 heterocycles. The van der Waals surface area contributed by atoms with Crippen LogP contribution in [0.1, 0.15) is 25.5 Å². The SMILES string of the molecule is CCOC(=O)C(C)n1c(=S)[nH]c2cc(C(F)(F)F)ccc21. The number of benzene rings is 1. The number of alkyl halides is 3. The van der Waals surface area contributed by atoms with Gasteiger partial charge in [0.2, 0.25) is 0 Å². The van der Waals surface area contributed by atoms with E-state index >= 15 is 0 Å². The number of nitrogens with one attached hydrogen (secondary N) is 1. The van der Waals surface area contributed by atoms with Crippen LogP contribution in [0.25, 0.3) is 11.0 Å². The van der Waals surface area contributed by atoms with Crippen molar-refractivity contribution in [3.05, 3.63) is 28.5 Å². The van der Waals surface area contributed by atoms with Crippen molar-refractivity contribution >= 4 is 29.2 Å². The third-order valence-corrected chi connectivity index (χ3v) is 3.36. The Hall–Kier alpha value is -1.83. The lowest BCUT2D eigenvalue weighted by Crippen LogP contribution is -2.19. The Morgan fingerprint density at radius 1 is 1.48 bits per heavy atom. The molecule has 0 saturated heterocycles. The van der Waals surface area contributed by atoms with Gasteiger partial charge in [0.1, 0.15) is 6.04 Å². The molecule has 1 atom stereocenters. The number of hydrogen-bond acceptors (Lipinski definition) is 3. The Morgan fingerprint density at radius 2 is 2.14 bits per heavy atom. The van der Waals surface area contributed by atoms with Crippen molar-refractivity contribution in [1.82, 2.24) is 9.55 Å². The summed E-state index contributed by atoms with van der Waals surface area (Å²) in [6, 6.07) is 2.50. The number of aromatic nitrogens is 2. The maximum Gasteiger partial charge on any atom is 0.416 e. The van der Waals surface area contributed by atoms with Crippen molar-refractivity contribution in [3.63, 3.8) is 0 Å². The summed E-state index contributed by atoms with van der Waals surface area (Å²) in [4.78, 5) is 14.5. The quantitative estimate of drug-likeness (QED) is 0.691. The molecule has 2 rings (SSSR count). The third-order valence-electron chi connectivity index (χ3n) is 3.06. The van der Waals surface area contributed by atoms with Crippen LogP contribution in [0.3, 0.4) is 0 Å². The van der Waals surface area contributed by atoms with Crippen molar-refractivity contribution < 1.29 is 22.7 Å². The highest BCUT2D eigenvalue weighted by Crippen LogP contribution is 2.31. The third kappa shape index (κ3) is 2.94. The maximum absolute atomic E-state index is 12.7. The molecule has 1 unspecified atom stereocenters. The van der Waals surface area contributed by atoms with Gasteiger partial charge in [-0.2, -0.15) is 13.2 Å². The molecule has 0 saturated carbocycles. The minimum Gasteiger partial charge on any atom is -0.464 e. The summed E-state index contributed by atoms with van der Waals surface area (Å²) in [6.07, 6.45) is -4.43. The Morgan fingerprint density at radius 3 is 2.71 bits per heavy atom. The van der Waals surface area contributed by atoms with E-state index in [-0.39, 0.29) is 16.9 Å². The van der Waals surface area contributed by atoms with Crippen molar-refractivity contribution in [3.8, 4) is 0 Å². The number of hydrogen-bond donors (Lipinski definition) is 1. The number of nitrogens with zero attached hydrogens (tertiary/aromatic N) is 1. The molecule has 0 aliphatic rings. The first-order chi connectivity index (χ1) is 9.75. The molecule has 114 valence electrons. The molecule has 2 aromatic rings. The van der Waals surface area contributed by atoms with Gasteiger partial charge in [-0.1, -0.05) is 0 Å². The molecule has 0 fully saturated rings. The summed E-state index contributed by atoms with van der Waals surface area (Å²) in [5.41, 5.74) is -0.123. The number of esters is 1. The van der Waals surface area contributed by atoms with E-state index in [0.717, 1.165) is 12.1 Å². The number of H-pyrrole nitrogens is 1. The predicted molar refractivity (Wildman–Crippen MR) is 73.5 cm³/mol. The minimum atomic E-state index is -4.43. The summed E-state index contributed by atoms with van der Waals surface area (Å²) in [6.45, 7) is 3.48. The molecule has 1 N–H and O–H groups in total.